The second-order valence-electron chi connectivity index (χ2n) is 7.71. The van der Waals surface area contributed by atoms with Gasteiger partial charge in [-0.2, -0.15) is 0 Å². The Labute approximate surface area is 208 Å². The van der Waals surface area contributed by atoms with Crippen molar-refractivity contribution in [1.29, 1.82) is 0 Å². The molecule has 0 radical (unpaired) electrons. The summed E-state index contributed by atoms with van der Waals surface area (Å²) in [7, 11) is 4.15. The number of guanidine groups is 1. The number of nitrogens with one attached hydrogen (secondary N) is 2. The number of hydrogen-bond acceptors (Lipinski definition) is 5. The number of benzene rings is 2. The maximum Gasteiger partial charge on any atom is 0.231 e. The summed E-state index contributed by atoms with van der Waals surface area (Å²) in [5, 5.41) is 6.70. The number of ether oxygens (including phenoxy) is 3. The first-order valence-electron chi connectivity index (χ1n) is 10.9. The largest absolute Gasteiger partial charge is 0.494 e. The van der Waals surface area contributed by atoms with E-state index in [1.807, 2.05) is 24.3 Å². The Morgan fingerprint density at radius 1 is 1.03 bits per heavy atom. The Bertz CT molecular complexity index is 844. The molecule has 8 heteroatoms. The fourth-order valence-corrected chi connectivity index (χ4v) is 3.20. The summed E-state index contributed by atoms with van der Waals surface area (Å²) in [6.45, 7) is 6.34. The lowest BCUT2D eigenvalue weighted by atomic mass is 10.1. The molecule has 0 unspecified atom stereocenters. The van der Waals surface area contributed by atoms with Crippen molar-refractivity contribution in [3.63, 3.8) is 0 Å². The molecule has 0 atom stereocenters. The van der Waals surface area contributed by atoms with Gasteiger partial charge in [0.1, 0.15) is 5.75 Å². The molecule has 0 fully saturated rings. The minimum Gasteiger partial charge on any atom is -0.494 e. The molecule has 176 valence electrons. The lowest BCUT2D eigenvalue weighted by Crippen LogP contribution is -2.38. The molecule has 0 saturated carbocycles. The summed E-state index contributed by atoms with van der Waals surface area (Å²) in [6.07, 6.45) is 1.89. The van der Waals surface area contributed by atoms with E-state index in [1.165, 1.54) is 5.56 Å². The second kappa shape index (κ2) is 14.1. The summed E-state index contributed by atoms with van der Waals surface area (Å²) >= 11 is 0. The van der Waals surface area contributed by atoms with Crippen LogP contribution in [-0.4, -0.2) is 58.0 Å². The van der Waals surface area contributed by atoms with Crippen LogP contribution < -0.4 is 24.8 Å². The van der Waals surface area contributed by atoms with E-state index in [-0.39, 0.29) is 24.0 Å². The van der Waals surface area contributed by atoms with Gasteiger partial charge in [-0.05, 0) is 69.3 Å². The van der Waals surface area contributed by atoms with E-state index in [9.17, 15) is 0 Å². The van der Waals surface area contributed by atoms with Crippen LogP contribution in [0, 0.1) is 0 Å². The Balaban J connectivity index is 0.00000363. The summed E-state index contributed by atoms with van der Waals surface area (Å²) < 4.78 is 16.6. The Hall–Kier alpha value is -2.20. The standard InChI is InChI=1S/C24H34N4O3.HI/c1-4-25-24(26-13-12-19-8-11-22-23(16-19)31-18-30-22)27-17-20-6-9-21(10-7-20)29-15-5-14-28(2)3;/h6-11,16H,4-5,12-15,17-18H2,1-3H3,(H2,25,26,27);1H. The monoisotopic (exact) mass is 554 g/mol. The second-order valence-corrected chi connectivity index (χ2v) is 7.71. The van der Waals surface area contributed by atoms with Gasteiger partial charge in [-0.1, -0.05) is 18.2 Å². The summed E-state index contributed by atoms with van der Waals surface area (Å²) in [5.74, 6) is 3.35. The zero-order chi connectivity index (χ0) is 21.9. The average Bonchev–Trinajstić information content (AvgIpc) is 3.24. The Morgan fingerprint density at radius 2 is 1.78 bits per heavy atom. The highest BCUT2D eigenvalue weighted by Crippen LogP contribution is 2.32. The zero-order valence-electron chi connectivity index (χ0n) is 19.2. The van der Waals surface area contributed by atoms with E-state index in [0.29, 0.717) is 13.3 Å². The van der Waals surface area contributed by atoms with E-state index in [4.69, 9.17) is 19.2 Å². The van der Waals surface area contributed by atoms with Crippen LogP contribution in [0.5, 0.6) is 17.2 Å². The molecule has 0 bridgehead atoms. The summed E-state index contributed by atoms with van der Waals surface area (Å²) in [6, 6.07) is 14.2. The molecule has 2 aromatic rings. The third kappa shape index (κ3) is 8.74. The van der Waals surface area contributed by atoms with Gasteiger partial charge in [0.05, 0.1) is 13.2 Å². The quantitative estimate of drug-likeness (QED) is 0.191. The first kappa shape index (κ1) is 26.1. The molecule has 0 aromatic heterocycles. The Kier molecular flexibility index (Phi) is 11.4. The van der Waals surface area contributed by atoms with Crippen molar-refractivity contribution < 1.29 is 14.2 Å². The highest BCUT2D eigenvalue weighted by molar-refractivity contribution is 14.0. The normalized spacial score (nSPS) is 12.4. The molecule has 2 N–H and O–H groups in total. The van der Waals surface area contributed by atoms with Crippen molar-refractivity contribution in [3.8, 4) is 17.2 Å². The van der Waals surface area contributed by atoms with Crippen molar-refractivity contribution in [2.24, 2.45) is 4.99 Å². The number of hydrogen-bond donors (Lipinski definition) is 2. The highest BCUT2D eigenvalue weighted by atomic mass is 127. The molecule has 0 amide bonds. The van der Waals surface area contributed by atoms with Crippen LogP contribution in [-0.2, 0) is 13.0 Å². The fourth-order valence-electron chi connectivity index (χ4n) is 3.20. The molecule has 1 aliphatic rings. The van der Waals surface area contributed by atoms with Crippen LogP contribution in [0.2, 0.25) is 0 Å². The molecule has 7 nitrogen and oxygen atoms in total. The fraction of sp³-hybridized carbons (Fsp3) is 0.458. The molecule has 1 heterocycles. The van der Waals surface area contributed by atoms with Crippen molar-refractivity contribution in [2.75, 3.05) is 47.1 Å². The van der Waals surface area contributed by atoms with Crippen molar-refractivity contribution in [1.82, 2.24) is 15.5 Å². The molecule has 0 spiro atoms. The van der Waals surface area contributed by atoms with Crippen LogP contribution in [0.15, 0.2) is 47.5 Å². The number of nitrogens with zero attached hydrogens (tertiary/aromatic N) is 2. The van der Waals surface area contributed by atoms with Crippen LogP contribution in [0.3, 0.4) is 0 Å². The van der Waals surface area contributed by atoms with E-state index in [2.05, 4.69) is 54.8 Å². The third-order valence-electron chi connectivity index (χ3n) is 4.85. The van der Waals surface area contributed by atoms with Gasteiger partial charge < -0.3 is 29.7 Å². The van der Waals surface area contributed by atoms with Crippen LogP contribution >= 0.6 is 24.0 Å². The van der Waals surface area contributed by atoms with E-state index >= 15 is 0 Å². The van der Waals surface area contributed by atoms with Gasteiger partial charge in [0.2, 0.25) is 6.79 Å². The van der Waals surface area contributed by atoms with E-state index in [1.54, 1.807) is 0 Å². The molecule has 0 saturated heterocycles. The van der Waals surface area contributed by atoms with Gasteiger partial charge in [-0.15, -0.1) is 24.0 Å². The smallest absolute Gasteiger partial charge is 0.231 e. The average molecular weight is 554 g/mol. The van der Waals surface area contributed by atoms with Crippen LogP contribution in [0.4, 0.5) is 0 Å². The molecule has 1 aliphatic heterocycles. The highest BCUT2D eigenvalue weighted by Gasteiger charge is 2.12. The maximum absolute atomic E-state index is 5.79. The molecule has 32 heavy (non-hydrogen) atoms. The van der Waals surface area contributed by atoms with Crippen molar-refractivity contribution >= 4 is 29.9 Å². The van der Waals surface area contributed by atoms with Gasteiger partial charge in [-0.3, -0.25) is 0 Å². The lowest BCUT2D eigenvalue weighted by Gasteiger charge is -2.12. The third-order valence-corrected chi connectivity index (χ3v) is 4.85. The van der Waals surface area contributed by atoms with E-state index in [0.717, 1.165) is 67.9 Å². The lowest BCUT2D eigenvalue weighted by molar-refractivity contribution is 0.174. The number of aliphatic imine (C=N–C) groups is 1. The molecular formula is C24H35IN4O3. The van der Waals surface area contributed by atoms with Crippen molar-refractivity contribution in [2.45, 2.75) is 26.3 Å². The predicted octanol–water partition coefficient (Wildman–Crippen LogP) is 3.66. The molecule has 2 aromatic carbocycles. The van der Waals surface area contributed by atoms with Crippen LogP contribution in [0.25, 0.3) is 0 Å². The number of halogens is 1. The maximum atomic E-state index is 5.79. The minimum absolute atomic E-state index is 0. The van der Waals surface area contributed by atoms with Gasteiger partial charge >= 0.3 is 0 Å². The zero-order valence-corrected chi connectivity index (χ0v) is 21.6. The van der Waals surface area contributed by atoms with Gasteiger partial charge in [0.25, 0.3) is 0 Å². The van der Waals surface area contributed by atoms with Gasteiger partial charge in [0.15, 0.2) is 17.5 Å². The number of rotatable bonds is 11. The van der Waals surface area contributed by atoms with Crippen LogP contribution in [0.1, 0.15) is 24.5 Å². The SMILES string of the molecule is CCNC(=NCc1ccc(OCCCN(C)C)cc1)NCCc1ccc2c(c1)OCO2.I. The topological polar surface area (TPSA) is 67.4 Å². The molecule has 0 aliphatic carbocycles. The summed E-state index contributed by atoms with van der Waals surface area (Å²) in [4.78, 5) is 6.86. The summed E-state index contributed by atoms with van der Waals surface area (Å²) in [5.41, 5.74) is 2.35. The first-order chi connectivity index (χ1) is 15.1. The van der Waals surface area contributed by atoms with Gasteiger partial charge in [0, 0.05) is 19.6 Å². The first-order valence-corrected chi connectivity index (χ1v) is 10.9. The predicted molar refractivity (Wildman–Crippen MR) is 140 cm³/mol. The minimum atomic E-state index is 0. The molecule has 3 rings (SSSR count). The Morgan fingerprint density at radius 3 is 2.53 bits per heavy atom. The van der Waals surface area contributed by atoms with Crippen molar-refractivity contribution in [3.05, 3.63) is 53.6 Å². The number of fused-ring (bicyclic) bond motifs is 1. The van der Waals surface area contributed by atoms with E-state index < -0.39 is 0 Å². The van der Waals surface area contributed by atoms with Gasteiger partial charge in [-0.25, -0.2) is 4.99 Å². The molecular weight excluding hydrogens is 519 g/mol.